The van der Waals surface area contributed by atoms with Crippen LogP contribution < -0.4 is 16.5 Å². The van der Waals surface area contributed by atoms with Gasteiger partial charge in [0.25, 0.3) is 5.91 Å². The van der Waals surface area contributed by atoms with E-state index in [2.05, 4.69) is 20.6 Å². The zero-order valence-electron chi connectivity index (χ0n) is 18.9. The summed E-state index contributed by atoms with van der Waals surface area (Å²) in [6, 6.07) is 0. The van der Waals surface area contributed by atoms with Crippen LogP contribution in [-0.2, 0) is 20.9 Å². The minimum atomic E-state index is -1.82. The van der Waals surface area contributed by atoms with Crippen molar-refractivity contribution in [2.75, 3.05) is 11.9 Å². The van der Waals surface area contributed by atoms with Gasteiger partial charge >= 0.3 is 11.9 Å². The number of amides is 2. The molecular weight excluding hydrogens is 482 g/mol. The molecule has 5 N–H and O–H groups in total. The molecule has 1 fully saturated rings. The van der Waals surface area contributed by atoms with E-state index in [1.54, 1.807) is 0 Å². The lowest BCUT2D eigenvalue weighted by molar-refractivity contribution is -0.111. The van der Waals surface area contributed by atoms with Gasteiger partial charge in [-0.2, -0.15) is 0 Å². The summed E-state index contributed by atoms with van der Waals surface area (Å²) < 4.78 is 21.7. The van der Waals surface area contributed by atoms with E-state index in [9.17, 15) is 29.7 Å². The number of aliphatic hydroxyl groups excluding tert-OH is 2. The smallest absolute Gasteiger partial charge is 0.441 e. The second kappa shape index (κ2) is 8.56. The lowest BCUT2D eigenvalue weighted by Crippen LogP contribution is -2.44. The molecular formula is C21H21N5O10. The summed E-state index contributed by atoms with van der Waals surface area (Å²) in [7, 11) is 0. The molecule has 1 saturated heterocycles. The summed E-state index contributed by atoms with van der Waals surface area (Å²) >= 11 is 0. The Labute approximate surface area is 200 Å². The fourth-order valence-electron chi connectivity index (χ4n) is 4.20. The first kappa shape index (κ1) is 23.7. The monoisotopic (exact) mass is 503 g/mol. The number of aryl methyl sites for hydroxylation is 1. The van der Waals surface area contributed by atoms with Gasteiger partial charge in [-0.3, -0.25) is 10.1 Å². The van der Waals surface area contributed by atoms with Gasteiger partial charge in [-0.05, 0) is 13.8 Å². The Balaban J connectivity index is 1.50. The maximum absolute atomic E-state index is 12.5. The summed E-state index contributed by atoms with van der Waals surface area (Å²) in [5, 5.41) is 36.3. The van der Waals surface area contributed by atoms with Crippen LogP contribution in [0.25, 0.3) is 16.7 Å². The fourth-order valence-corrected chi connectivity index (χ4v) is 4.20. The summed E-state index contributed by atoms with van der Waals surface area (Å²) in [4.78, 5) is 44.5. The van der Waals surface area contributed by atoms with Crippen molar-refractivity contribution < 1.29 is 43.2 Å². The summed E-state index contributed by atoms with van der Waals surface area (Å²) in [5.74, 6) is -1.23. The molecule has 0 bridgehead atoms. The molecule has 2 amide bonds. The molecule has 4 atom stereocenters. The molecule has 0 spiro atoms. The molecule has 15 heteroatoms. The maximum Gasteiger partial charge on any atom is 0.519 e. The molecule has 2 aliphatic rings. The van der Waals surface area contributed by atoms with E-state index in [4.69, 9.17) is 18.3 Å². The lowest BCUT2D eigenvalue weighted by atomic mass is 9.96. The van der Waals surface area contributed by atoms with Crippen LogP contribution in [0, 0.1) is 6.92 Å². The Morgan fingerprint density at radius 1 is 1.33 bits per heavy atom. The molecule has 0 radical (unpaired) electrons. The first-order valence-electron chi connectivity index (χ1n) is 10.7. The normalized spacial score (nSPS) is 25.4. The third-order valence-electron chi connectivity index (χ3n) is 6.01. The Morgan fingerprint density at radius 2 is 2.11 bits per heavy atom. The number of ether oxygens (including phenoxy) is 2. The van der Waals surface area contributed by atoms with Crippen molar-refractivity contribution >= 4 is 34.5 Å². The van der Waals surface area contributed by atoms with Crippen molar-refractivity contribution in [3.63, 3.8) is 0 Å². The molecule has 2 aliphatic heterocycles. The van der Waals surface area contributed by atoms with E-state index in [0.29, 0.717) is 5.39 Å². The number of anilines is 1. The number of aromatic nitrogens is 3. The van der Waals surface area contributed by atoms with Gasteiger partial charge in [-0.25, -0.2) is 19.6 Å². The fraction of sp³-hybridized carbons (Fsp3) is 0.381. The second-order valence-corrected chi connectivity index (χ2v) is 8.43. The molecule has 4 unspecified atom stereocenters. The number of hydrogen-bond acceptors (Lipinski definition) is 12. The molecule has 0 aliphatic carbocycles. The van der Waals surface area contributed by atoms with Crippen LogP contribution in [0.3, 0.4) is 0 Å². The van der Waals surface area contributed by atoms with E-state index < -0.39 is 55.1 Å². The van der Waals surface area contributed by atoms with E-state index in [1.807, 2.05) is 0 Å². The van der Waals surface area contributed by atoms with Crippen LogP contribution in [0.4, 0.5) is 10.6 Å². The Morgan fingerprint density at radius 3 is 2.78 bits per heavy atom. The third kappa shape index (κ3) is 3.83. The highest BCUT2D eigenvalue weighted by atomic mass is 16.6. The second-order valence-electron chi connectivity index (χ2n) is 8.43. The molecule has 3 aromatic rings. The molecule has 36 heavy (non-hydrogen) atoms. The van der Waals surface area contributed by atoms with Crippen molar-refractivity contribution in [3.05, 3.63) is 46.3 Å². The average molecular weight is 503 g/mol. The first-order chi connectivity index (χ1) is 17.1. The van der Waals surface area contributed by atoms with E-state index >= 15 is 0 Å². The number of nitrogens with zero attached hydrogens (tertiary/aromatic N) is 3. The minimum Gasteiger partial charge on any atom is -0.441 e. The van der Waals surface area contributed by atoms with Gasteiger partial charge in [0.05, 0.1) is 17.7 Å². The van der Waals surface area contributed by atoms with Crippen molar-refractivity contribution in [2.24, 2.45) is 0 Å². The lowest BCUT2D eigenvalue weighted by Gasteiger charge is -2.27. The van der Waals surface area contributed by atoms with Crippen LogP contribution in [0.1, 0.15) is 30.2 Å². The zero-order chi connectivity index (χ0) is 25.8. The third-order valence-corrected chi connectivity index (χ3v) is 6.01. The zero-order valence-corrected chi connectivity index (χ0v) is 18.9. The van der Waals surface area contributed by atoms with Gasteiger partial charge < -0.3 is 43.5 Å². The van der Waals surface area contributed by atoms with Crippen molar-refractivity contribution in [1.82, 2.24) is 19.9 Å². The Hall–Kier alpha value is -4.05. The quantitative estimate of drug-likeness (QED) is 0.298. The molecule has 0 saturated carbocycles. The minimum absolute atomic E-state index is 0.0112. The van der Waals surface area contributed by atoms with E-state index in [0.717, 1.165) is 6.08 Å². The van der Waals surface area contributed by atoms with Gasteiger partial charge in [0.15, 0.2) is 24.4 Å². The van der Waals surface area contributed by atoms with Gasteiger partial charge in [-0.15, -0.1) is 0 Å². The van der Waals surface area contributed by atoms with Crippen molar-refractivity contribution in [2.45, 2.75) is 44.5 Å². The van der Waals surface area contributed by atoms with Crippen LogP contribution in [0.15, 0.2) is 32.2 Å². The van der Waals surface area contributed by atoms with Crippen LogP contribution >= 0.6 is 0 Å². The number of nitrogens with one attached hydrogen (secondary N) is 2. The highest BCUT2D eigenvalue weighted by molar-refractivity contribution is 6.14. The van der Waals surface area contributed by atoms with Gasteiger partial charge in [0.2, 0.25) is 0 Å². The topological polar surface area (TPSA) is 211 Å². The number of rotatable bonds is 5. The van der Waals surface area contributed by atoms with Crippen LogP contribution in [0.2, 0.25) is 0 Å². The number of carbonyl (C=O) groups is 2. The number of hydrogen-bond donors (Lipinski definition) is 5. The summed E-state index contributed by atoms with van der Waals surface area (Å²) in [6.45, 7) is 1.87. The maximum atomic E-state index is 12.5. The average Bonchev–Trinajstić information content (AvgIpc) is 3.40. The Bertz CT molecular complexity index is 1450. The largest absolute Gasteiger partial charge is 0.519 e. The van der Waals surface area contributed by atoms with Gasteiger partial charge in [-0.1, -0.05) is 0 Å². The molecule has 5 heterocycles. The molecule has 5 rings (SSSR count). The van der Waals surface area contributed by atoms with E-state index in [-0.39, 0.29) is 34.2 Å². The predicted molar refractivity (Wildman–Crippen MR) is 117 cm³/mol. The van der Waals surface area contributed by atoms with Crippen LogP contribution in [0.5, 0.6) is 0 Å². The standard InChI is InChI=1S/C21H21N5O10/c1-8-12(36-20(31)34-8)6-33-19(30)24-10-3-13(28)25-16-14-9(10)4-26(17(14)23-7-22-16)18-21(2,32)15(29)11(5-27)35-18/h3-4,7,11,15,18,27,29,32H,5-6H2,1-2H3,(H,24,30)(H,22,23,25,28). The molecule has 0 aromatic carbocycles. The number of alkyl carbamates (subject to hydrolysis) is 1. The van der Waals surface area contributed by atoms with Gasteiger partial charge in [0, 0.05) is 17.8 Å². The highest BCUT2D eigenvalue weighted by Gasteiger charge is 2.53. The number of carbonyl (C=O) groups excluding carboxylic acids is 2. The van der Waals surface area contributed by atoms with Crippen molar-refractivity contribution in [1.29, 1.82) is 0 Å². The summed E-state index contributed by atoms with van der Waals surface area (Å²) in [6.07, 6.45) is -0.872. The number of aliphatic hydroxyl groups is 3. The van der Waals surface area contributed by atoms with E-state index in [1.165, 1.54) is 30.9 Å². The Kier molecular flexibility index (Phi) is 5.63. The SMILES string of the molecule is Cc1oc(=O)oc1COC(=O)NC1=CC(=O)Nc2ncnc3c2c1cn3C1OC(CO)C(O)C1(C)O. The molecule has 15 nitrogen and oxygen atoms in total. The van der Waals surface area contributed by atoms with Crippen molar-refractivity contribution in [3.8, 4) is 0 Å². The molecule has 3 aromatic heterocycles. The first-order valence-corrected chi connectivity index (χ1v) is 10.7. The van der Waals surface area contributed by atoms with Gasteiger partial charge in [0.1, 0.15) is 35.6 Å². The molecule has 190 valence electrons. The predicted octanol–water partition coefficient (Wildman–Crippen LogP) is -0.493. The summed E-state index contributed by atoms with van der Waals surface area (Å²) in [5.41, 5.74) is -1.32. The highest BCUT2D eigenvalue weighted by Crippen LogP contribution is 2.42. The van der Waals surface area contributed by atoms with Crippen LogP contribution in [-0.4, -0.2) is 66.3 Å².